The largest absolute Gasteiger partial charge is 0.506 e. The molecule has 1 aliphatic rings. The molecular formula is C12H12ClNO. The fourth-order valence-corrected chi connectivity index (χ4v) is 2.27. The van der Waals surface area contributed by atoms with Gasteiger partial charge in [-0.2, -0.15) is 5.26 Å². The van der Waals surface area contributed by atoms with Gasteiger partial charge in [-0.05, 0) is 43.4 Å². The summed E-state index contributed by atoms with van der Waals surface area (Å²) in [7, 11) is 0. The van der Waals surface area contributed by atoms with E-state index in [1.54, 1.807) is 13.0 Å². The van der Waals surface area contributed by atoms with Crippen molar-refractivity contribution in [3.05, 3.63) is 28.3 Å². The maximum Gasteiger partial charge on any atom is 0.137 e. The molecule has 0 unspecified atom stereocenters. The van der Waals surface area contributed by atoms with Crippen LogP contribution in [0.25, 0.3) is 0 Å². The molecule has 0 bridgehead atoms. The molecule has 1 aromatic carbocycles. The van der Waals surface area contributed by atoms with Crippen molar-refractivity contribution in [2.24, 2.45) is 0 Å². The number of hydrogen-bond donors (Lipinski definition) is 1. The van der Waals surface area contributed by atoms with Crippen molar-refractivity contribution < 1.29 is 5.11 Å². The number of nitriles is 1. The lowest BCUT2D eigenvalue weighted by Gasteiger charge is -2.36. The standard InChI is InChI=1S/C12H12ClNO/c1-8-5-9(6-10(13)11(8)15)12(7-14)3-2-4-12/h5-6,15H,2-4H2,1H3. The number of hydrogen-bond acceptors (Lipinski definition) is 2. The average molecular weight is 222 g/mol. The predicted molar refractivity (Wildman–Crippen MR) is 59.0 cm³/mol. The summed E-state index contributed by atoms with van der Waals surface area (Å²) in [6.07, 6.45) is 2.87. The number of aryl methyl sites for hydroxylation is 1. The molecule has 3 heteroatoms. The van der Waals surface area contributed by atoms with Gasteiger partial charge in [0.15, 0.2) is 0 Å². The highest BCUT2D eigenvalue weighted by atomic mass is 35.5. The Hall–Kier alpha value is -1.20. The first-order valence-electron chi connectivity index (χ1n) is 5.00. The van der Waals surface area contributed by atoms with Crippen LogP contribution in [0.4, 0.5) is 0 Å². The number of phenolic OH excluding ortho intramolecular Hbond substituents is 1. The second-order valence-electron chi connectivity index (χ2n) is 4.17. The number of nitrogens with zero attached hydrogens (tertiary/aromatic N) is 1. The lowest BCUT2D eigenvalue weighted by Crippen LogP contribution is -2.32. The Bertz CT molecular complexity index is 420. The number of benzene rings is 1. The van der Waals surface area contributed by atoms with Crippen LogP contribution in [0.1, 0.15) is 30.4 Å². The fourth-order valence-electron chi connectivity index (χ4n) is 2.01. The monoisotopic (exact) mass is 221 g/mol. The van der Waals surface area contributed by atoms with Gasteiger partial charge in [-0.25, -0.2) is 0 Å². The van der Waals surface area contributed by atoms with Crippen LogP contribution < -0.4 is 0 Å². The summed E-state index contributed by atoms with van der Waals surface area (Å²) in [5, 5.41) is 19.1. The maximum absolute atomic E-state index is 9.55. The van der Waals surface area contributed by atoms with Crippen LogP contribution in [0.5, 0.6) is 5.75 Å². The second-order valence-corrected chi connectivity index (χ2v) is 4.58. The molecule has 0 aliphatic heterocycles. The minimum Gasteiger partial charge on any atom is -0.506 e. The van der Waals surface area contributed by atoms with Crippen molar-refractivity contribution in [1.82, 2.24) is 0 Å². The van der Waals surface area contributed by atoms with Crippen LogP contribution in [-0.2, 0) is 5.41 Å². The normalized spacial score (nSPS) is 17.9. The maximum atomic E-state index is 9.55. The molecule has 78 valence electrons. The van der Waals surface area contributed by atoms with Gasteiger partial charge in [0.1, 0.15) is 5.75 Å². The van der Waals surface area contributed by atoms with E-state index in [1.807, 2.05) is 6.07 Å². The number of halogens is 1. The summed E-state index contributed by atoms with van der Waals surface area (Å²) in [6.45, 7) is 1.80. The molecule has 1 saturated carbocycles. The van der Waals surface area contributed by atoms with Gasteiger partial charge in [0, 0.05) is 0 Å². The van der Waals surface area contributed by atoms with E-state index in [2.05, 4.69) is 6.07 Å². The third-order valence-electron chi connectivity index (χ3n) is 3.23. The molecule has 1 fully saturated rings. The van der Waals surface area contributed by atoms with Gasteiger partial charge in [-0.1, -0.05) is 17.7 Å². The molecule has 1 aliphatic carbocycles. The Balaban J connectivity index is 2.51. The zero-order valence-corrected chi connectivity index (χ0v) is 9.30. The molecular weight excluding hydrogens is 210 g/mol. The highest BCUT2D eigenvalue weighted by molar-refractivity contribution is 6.32. The van der Waals surface area contributed by atoms with E-state index in [0.29, 0.717) is 5.02 Å². The summed E-state index contributed by atoms with van der Waals surface area (Å²) in [5.41, 5.74) is 1.32. The van der Waals surface area contributed by atoms with Gasteiger partial charge in [-0.15, -0.1) is 0 Å². The highest BCUT2D eigenvalue weighted by Crippen LogP contribution is 2.45. The Morgan fingerprint density at radius 1 is 1.47 bits per heavy atom. The molecule has 0 aromatic heterocycles. The summed E-state index contributed by atoms with van der Waals surface area (Å²) < 4.78 is 0. The number of rotatable bonds is 1. The van der Waals surface area contributed by atoms with E-state index in [9.17, 15) is 10.4 Å². The quantitative estimate of drug-likeness (QED) is 0.791. The Labute approximate surface area is 94.1 Å². The third-order valence-corrected chi connectivity index (χ3v) is 3.52. The number of aromatic hydroxyl groups is 1. The van der Waals surface area contributed by atoms with Gasteiger partial charge in [0.2, 0.25) is 0 Å². The molecule has 1 N–H and O–H groups in total. The molecule has 0 heterocycles. The Morgan fingerprint density at radius 2 is 2.13 bits per heavy atom. The van der Waals surface area contributed by atoms with Crippen LogP contribution in [0.2, 0.25) is 5.02 Å². The fraction of sp³-hybridized carbons (Fsp3) is 0.417. The molecule has 15 heavy (non-hydrogen) atoms. The topological polar surface area (TPSA) is 44.0 Å². The van der Waals surface area contributed by atoms with Crippen molar-refractivity contribution in [3.8, 4) is 11.8 Å². The van der Waals surface area contributed by atoms with Crippen molar-refractivity contribution in [1.29, 1.82) is 5.26 Å². The zero-order valence-electron chi connectivity index (χ0n) is 8.55. The summed E-state index contributed by atoms with van der Waals surface area (Å²) in [6, 6.07) is 5.94. The molecule has 0 saturated heterocycles. The van der Waals surface area contributed by atoms with Gasteiger partial charge < -0.3 is 5.11 Å². The van der Waals surface area contributed by atoms with Crippen LogP contribution in [0, 0.1) is 18.3 Å². The summed E-state index contributed by atoms with van der Waals surface area (Å²) >= 11 is 5.90. The molecule has 0 atom stereocenters. The highest BCUT2D eigenvalue weighted by Gasteiger charge is 2.39. The van der Waals surface area contributed by atoms with Crippen molar-refractivity contribution in [3.63, 3.8) is 0 Å². The van der Waals surface area contributed by atoms with Crippen LogP contribution in [-0.4, -0.2) is 5.11 Å². The third kappa shape index (κ3) is 1.48. The number of phenols is 1. The van der Waals surface area contributed by atoms with E-state index in [-0.39, 0.29) is 11.2 Å². The summed E-state index contributed by atoms with van der Waals surface area (Å²) in [5.74, 6) is 0.118. The van der Waals surface area contributed by atoms with Crippen LogP contribution in [0.3, 0.4) is 0 Å². The first-order chi connectivity index (χ1) is 7.09. The van der Waals surface area contributed by atoms with E-state index < -0.39 is 0 Å². The average Bonchev–Trinajstić information content (AvgIpc) is 2.13. The zero-order chi connectivity index (χ0) is 11.1. The Kier molecular flexibility index (Phi) is 2.36. The molecule has 0 amide bonds. The van der Waals surface area contributed by atoms with E-state index in [0.717, 1.165) is 30.4 Å². The van der Waals surface area contributed by atoms with E-state index in [4.69, 9.17) is 11.6 Å². The van der Waals surface area contributed by atoms with Gasteiger partial charge in [-0.3, -0.25) is 0 Å². The van der Waals surface area contributed by atoms with Crippen LogP contribution in [0.15, 0.2) is 12.1 Å². The van der Waals surface area contributed by atoms with Crippen molar-refractivity contribution >= 4 is 11.6 Å². The lowest BCUT2D eigenvalue weighted by atomic mass is 9.65. The van der Waals surface area contributed by atoms with Gasteiger partial charge >= 0.3 is 0 Å². The first kappa shape index (κ1) is 10.3. The van der Waals surface area contributed by atoms with Crippen LogP contribution >= 0.6 is 11.6 Å². The molecule has 2 nitrogen and oxygen atoms in total. The van der Waals surface area contributed by atoms with E-state index >= 15 is 0 Å². The molecule has 0 radical (unpaired) electrons. The summed E-state index contributed by atoms with van der Waals surface area (Å²) in [4.78, 5) is 0. The minimum absolute atomic E-state index is 0.118. The Morgan fingerprint density at radius 3 is 2.53 bits per heavy atom. The molecule has 1 aromatic rings. The van der Waals surface area contributed by atoms with Gasteiger partial charge in [0.05, 0.1) is 16.5 Å². The molecule has 0 spiro atoms. The SMILES string of the molecule is Cc1cc(C2(C#N)CCC2)cc(Cl)c1O. The molecule has 2 rings (SSSR count). The predicted octanol–water partition coefficient (Wildman–Crippen LogP) is 3.30. The van der Waals surface area contributed by atoms with Crippen molar-refractivity contribution in [2.45, 2.75) is 31.6 Å². The smallest absolute Gasteiger partial charge is 0.137 e. The minimum atomic E-state index is -0.359. The second kappa shape index (κ2) is 3.43. The van der Waals surface area contributed by atoms with E-state index in [1.165, 1.54) is 0 Å². The van der Waals surface area contributed by atoms with Crippen molar-refractivity contribution in [2.75, 3.05) is 0 Å². The lowest BCUT2D eigenvalue weighted by molar-refractivity contribution is 0.323. The first-order valence-corrected chi connectivity index (χ1v) is 5.38. The van der Waals surface area contributed by atoms with Gasteiger partial charge in [0.25, 0.3) is 0 Å².